The Kier molecular flexibility index (Phi) is 8.42. The van der Waals surface area contributed by atoms with E-state index >= 15 is 0 Å². The molecule has 0 saturated carbocycles. The van der Waals surface area contributed by atoms with Gasteiger partial charge in [-0.05, 0) is 43.5 Å². The number of likely N-dealkylation sites (tertiary alicyclic amines) is 1. The quantitative estimate of drug-likeness (QED) is 0.648. The van der Waals surface area contributed by atoms with Crippen LogP contribution in [0.3, 0.4) is 0 Å². The van der Waals surface area contributed by atoms with Crippen molar-refractivity contribution in [2.24, 2.45) is 0 Å². The highest BCUT2D eigenvalue weighted by atomic mass is 35.5. The van der Waals surface area contributed by atoms with Crippen LogP contribution in [0.4, 0.5) is 11.4 Å². The summed E-state index contributed by atoms with van der Waals surface area (Å²) in [6.45, 7) is 4.68. The Morgan fingerprint density at radius 3 is 2.70 bits per heavy atom. The SMILES string of the molecule is Cc1cc(NCCCN2CCCC2=O)ccc1N.Cl.Cl. The molecule has 20 heavy (non-hydrogen) atoms. The van der Waals surface area contributed by atoms with Gasteiger partial charge >= 0.3 is 0 Å². The number of nitrogens with one attached hydrogen (secondary N) is 1. The molecular weight excluding hydrogens is 297 g/mol. The van der Waals surface area contributed by atoms with Crippen molar-refractivity contribution >= 4 is 42.1 Å². The third-order valence-corrected chi connectivity index (χ3v) is 3.38. The molecule has 1 aliphatic heterocycles. The molecule has 0 aromatic heterocycles. The molecule has 6 heteroatoms. The van der Waals surface area contributed by atoms with E-state index < -0.39 is 0 Å². The van der Waals surface area contributed by atoms with Crippen LogP contribution in [0, 0.1) is 6.92 Å². The van der Waals surface area contributed by atoms with Crippen LogP contribution in [-0.4, -0.2) is 30.4 Å². The van der Waals surface area contributed by atoms with Crippen molar-refractivity contribution in [3.05, 3.63) is 23.8 Å². The van der Waals surface area contributed by atoms with E-state index in [4.69, 9.17) is 5.73 Å². The zero-order valence-electron chi connectivity index (χ0n) is 11.7. The molecule has 0 spiro atoms. The molecule has 1 aliphatic rings. The summed E-state index contributed by atoms with van der Waals surface area (Å²) in [5.74, 6) is 0.304. The molecule has 0 atom stereocenters. The van der Waals surface area contributed by atoms with Crippen molar-refractivity contribution in [2.75, 3.05) is 30.7 Å². The smallest absolute Gasteiger partial charge is 0.222 e. The molecule has 114 valence electrons. The van der Waals surface area contributed by atoms with Crippen molar-refractivity contribution in [1.29, 1.82) is 0 Å². The molecular formula is C14H23Cl2N3O. The van der Waals surface area contributed by atoms with Crippen LogP contribution < -0.4 is 11.1 Å². The number of benzene rings is 1. The molecule has 1 heterocycles. The Balaban J connectivity index is 0.00000180. The van der Waals surface area contributed by atoms with Crippen molar-refractivity contribution in [2.45, 2.75) is 26.2 Å². The Morgan fingerprint density at radius 2 is 2.10 bits per heavy atom. The van der Waals surface area contributed by atoms with Crippen LogP contribution in [0.25, 0.3) is 0 Å². The number of nitrogens with zero attached hydrogens (tertiary/aromatic N) is 1. The van der Waals surface area contributed by atoms with Gasteiger partial charge in [-0.1, -0.05) is 0 Å². The van der Waals surface area contributed by atoms with Gasteiger partial charge in [-0.15, -0.1) is 24.8 Å². The fraction of sp³-hybridized carbons (Fsp3) is 0.500. The molecule has 1 aromatic carbocycles. The van der Waals surface area contributed by atoms with Gasteiger partial charge in [0.15, 0.2) is 0 Å². The molecule has 1 fully saturated rings. The first-order chi connectivity index (χ1) is 8.66. The highest BCUT2D eigenvalue weighted by Gasteiger charge is 2.18. The van der Waals surface area contributed by atoms with E-state index in [1.54, 1.807) is 0 Å². The van der Waals surface area contributed by atoms with Gasteiger partial charge in [0.2, 0.25) is 5.91 Å². The summed E-state index contributed by atoms with van der Waals surface area (Å²) in [6, 6.07) is 5.96. The maximum absolute atomic E-state index is 11.4. The molecule has 0 bridgehead atoms. The molecule has 0 radical (unpaired) electrons. The predicted molar refractivity (Wildman–Crippen MR) is 89.0 cm³/mol. The van der Waals surface area contributed by atoms with Gasteiger partial charge < -0.3 is 16.0 Å². The predicted octanol–water partition coefficient (Wildman–Crippen LogP) is 2.85. The number of rotatable bonds is 5. The van der Waals surface area contributed by atoms with Crippen LogP contribution >= 0.6 is 24.8 Å². The van der Waals surface area contributed by atoms with Crippen LogP contribution in [0.5, 0.6) is 0 Å². The third kappa shape index (κ3) is 5.10. The molecule has 4 nitrogen and oxygen atoms in total. The lowest BCUT2D eigenvalue weighted by molar-refractivity contribution is -0.127. The van der Waals surface area contributed by atoms with Gasteiger partial charge in [0.1, 0.15) is 0 Å². The van der Waals surface area contributed by atoms with Gasteiger partial charge in [0.25, 0.3) is 0 Å². The Hall–Kier alpha value is -1.13. The summed E-state index contributed by atoms with van der Waals surface area (Å²) in [5, 5.41) is 3.36. The lowest BCUT2D eigenvalue weighted by Gasteiger charge is -2.15. The Bertz CT molecular complexity index is 440. The number of hydrogen-bond donors (Lipinski definition) is 2. The summed E-state index contributed by atoms with van der Waals surface area (Å²) in [6.07, 6.45) is 2.73. The van der Waals surface area contributed by atoms with Crippen LogP contribution in [0.15, 0.2) is 18.2 Å². The van der Waals surface area contributed by atoms with Crippen molar-refractivity contribution in [3.8, 4) is 0 Å². The Labute approximate surface area is 132 Å². The lowest BCUT2D eigenvalue weighted by atomic mass is 10.2. The third-order valence-electron chi connectivity index (χ3n) is 3.38. The van der Waals surface area contributed by atoms with E-state index in [2.05, 4.69) is 11.4 Å². The minimum absolute atomic E-state index is 0. The summed E-state index contributed by atoms with van der Waals surface area (Å²) in [5.41, 5.74) is 8.78. The number of aryl methyl sites for hydroxylation is 1. The summed E-state index contributed by atoms with van der Waals surface area (Å²) >= 11 is 0. The molecule has 3 N–H and O–H groups in total. The first-order valence-electron chi connectivity index (χ1n) is 6.54. The zero-order valence-corrected chi connectivity index (χ0v) is 13.4. The molecule has 1 amide bonds. The van der Waals surface area contributed by atoms with E-state index in [9.17, 15) is 4.79 Å². The van der Waals surface area contributed by atoms with Gasteiger partial charge in [-0.3, -0.25) is 4.79 Å². The van der Waals surface area contributed by atoms with E-state index in [-0.39, 0.29) is 24.8 Å². The van der Waals surface area contributed by atoms with E-state index in [1.165, 1.54) is 0 Å². The van der Waals surface area contributed by atoms with E-state index in [0.717, 1.165) is 55.8 Å². The van der Waals surface area contributed by atoms with E-state index in [0.29, 0.717) is 5.91 Å². The number of carbonyl (C=O) groups is 1. The number of nitrogen functional groups attached to an aromatic ring is 1. The highest BCUT2D eigenvalue weighted by molar-refractivity contribution is 5.85. The fourth-order valence-corrected chi connectivity index (χ4v) is 2.23. The molecule has 1 saturated heterocycles. The van der Waals surface area contributed by atoms with Gasteiger partial charge in [0.05, 0.1) is 0 Å². The fourth-order valence-electron chi connectivity index (χ4n) is 2.23. The van der Waals surface area contributed by atoms with Crippen molar-refractivity contribution in [1.82, 2.24) is 4.90 Å². The number of anilines is 2. The van der Waals surface area contributed by atoms with Crippen molar-refractivity contribution in [3.63, 3.8) is 0 Å². The molecule has 0 unspecified atom stereocenters. The number of halogens is 2. The molecule has 1 aromatic rings. The number of carbonyl (C=O) groups excluding carboxylic acids is 1. The molecule has 2 rings (SSSR count). The van der Waals surface area contributed by atoms with Crippen LogP contribution in [0.1, 0.15) is 24.8 Å². The lowest BCUT2D eigenvalue weighted by Crippen LogP contribution is -2.26. The largest absolute Gasteiger partial charge is 0.399 e. The van der Waals surface area contributed by atoms with Gasteiger partial charge in [-0.2, -0.15) is 0 Å². The highest BCUT2D eigenvalue weighted by Crippen LogP contribution is 2.16. The van der Waals surface area contributed by atoms with E-state index in [1.807, 2.05) is 24.0 Å². The maximum Gasteiger partial charge on any atom is 0.222 e. The number of amides is 1. The second-order valence-electron chi connectivity index (χ2n) is 4.84. The van der Waals surface area contributed by atoms with Crippen molar-refractivity contribution < 1.29 is 4.79 Å². The zero-order chi connectivity index (χ0) is 13.0. The average Bonchev–Trinajstić information content (AvgIpc) is 2.75. The first kappa shape index (κ1) is 18.9. The van der Waals surface area contributed by atoms with Crippen LogP contribution in [0.2, 0.25) is 0 Å². The van der Waals surface area contributed by atoms with Crippen LogP contribution in [-0.2, 0) is 4.79 Å². The Morgan fingerprint density at radius 1 is 1.35 bits per heavy atom. The number of nitrogens with two attached hydrogens (primary N) is 1. The molecule has 0 aliphatic carbocycles. The van der Waals surface area contributed by atoms with Gasteiger partial charge in [-0.25, -0.2) is 0 Å². The second-order valence-corrected chi connectivity index (χ2v) is 4.84. The minimum Gasteiger partial charge on any atom is -0.399 e. The van der Waals surface area contributed by atoms with Gasteiger partial charge in [0, 0.05) is 37.4 Å². The first-order valence-corrected chi connectivity index (χ1v) is 6.54. The minimum atomic E-state index is 0. The topological polar surface area (TPSA) is 58.4 Å². The monoisotopic (exact) mass is 319 g/mol. The number of hydrogen-bond acceptors (Lipinski definition) is 3. The standard InChI is InChI=1S/C14H21N3O.2ClH/c1-11-10-12(5-6-13(11)15)16-7-3-9-17-8-2-4-14(17)18;;/h5-6,10,16H,2-4,7-9,15H2,1H3;2*1H. The average molecular weight is 320 g/mol. The maximum atomic E-state index is 11.4. The summed E-state index contributed by atoms with van der Waals surface area (Å²) in [7, 11) is 0. The normalized spacial score (nSPS) is 13.7. The summed E-state index contributed by atoms with van der Waals surface area (Å²) < 4.78 is 0. The summed E-state index contributed by atoms with van der Waals surface area (Å²) in [4.78, 5) is 13.4. The second kappa shape index (κ2) is 8.93.